The van der Waals surface area contributed by atoms with Crippen LogP contribution in [0, 0.1) is 0 Å². The zero-order valence-corrected chi connectivity index (χ0v) is 16.8. The number of phenolic OH excluding ortho intramolecular Hbond substituents is 1. The van der Waals surface area contributed by atoms with Gasteiger partial charge in [0.1, 0.15) is 0 Å². The van der Waals surface area contributed by atoms with Gasteiger partial charge in [0.05, 0.1) is 14.2 Å². The summed E-state index contributed by atoms with van der Waals surface area (Å²) < 4.78 is 10.5. The minimum atomic E-state index is 0.0177. The van der Waals surface area contributed by atoms with Crippen LogP contribution >= 0.6 is 0 Å². The number of aliphatic imine (C=N–C) groups is 1. The second-order valence-electron chi connectivity index (χ2n) is 7.49. The summed E-state index contributed by atoms with van der Waals surface area (Å²) >= 11 is 0. The van der Waals surface area contributed by atoms with Crippen molar-refractivity contribution >= 4 is 5.96 Å². The topological polar surface area (TPSA) is 78.4 Å². The molecule has 27 heavy (non-hydrogen) atoms. The molecule has 2 heterocycles. The Balaban J connectivity index is 1.60. The van der Waals surface area contributed by atoms with Crippen molar-refractivity contribution in [1.82, 2.24) is 15.5 Å². The van der Waals surface area contributed by atoms with Crippen LogP contribution in [0.1, 0.15) is 37.7 Å². The average Bonchev–Trinajstić information content (AvgIpc) is 2.66. The summed E-state index contributed by atoms with van der Waals surface area (Å²) in [4.78, 5) is 6.94. The third kappa shape index (κ3) is 4.40. The van der Waals surface area contributed by atoms with Gasteiger partial charge in [-0.15, -0.1) is 0 Å². The minimum Gasteiger partial charge on any atom is -0.502 e. The summed E-state index contributed by atoms with van der Waals surface area (Å²) in [6.07, 6.45) is 6.27. The molecule has 2 aliphatic rings. The Kier molecular flexibility index (Phi) is 6.31. The number of piperidine rings is 2. The summed E-state index contributed by atoms with van der Waals surface area (Å²) in [7, 11) is 7.12. The molecule has 0 spiro atoms. The highest BCUT2D eigenvalue weighted by Crippen LogP contribution is 2.37. The van der Waals surface area contributed by atoms with Gasteiger partial charge in [0.2, 0.25) is 5.75 Å². The molecule has 1 aromatic carbocycles. The Morgan fingerprint density at radius 1 is 1.19 bits per heavy atom. The highest BCUT2D eigenvalue weighted by atomic mass is 16.5. The molecular formula is C20H32N4O3. The first-order chi connectivity index (χ1) is 13.0. The van der Waals surface area contributed by atoms with Crippen molar-refractivity contribution in [2.45, 2.75) is 56.8 Å². The van der Waals surface area contributed by atoms with Crippen LogP contribution in [0.2, 0.25) is 0 Å². The van der Waals surface area contributed by atoms with Crippen LogP contribution in [0.3, 0.4) is 0 Å². The number of rotatable bonds is 5. The van der Waals surface area contributed by atoms with E-state index in [9.17, 15) is 5.11 Å². The summed E-state index contributed by atoms with van der Waals surface area (Å²) in [5.74, 6) is 1.62. The van der Waals surface area contributed by atoms with Crippen molar-refractivity contribution in [3.63, 3.8) is 0 Å². The Morgan fingerprint density at radius 3 is 2.30 bits per heavy atom. The zero-order chi connectivity index (χ0) is 19.4. The third-order valence-corrected chi connectivity index (χ3v) is 5.90. The fraction of sp³-hybridized carbons (Fsp3) is 0.650. The van der Waals surface area contributed by atoms with Crippen molar-refractivity contribution in [3.05, 3.63) is 17.7 Å². The number of nitrogens with one attached hydrogen (secondary N) is 2. The zero-order valence-electron chi connectivity index (χ0n) is 16.8. The van der Waals surface area contributed by atoms with Crippen LogP contribution < -0.4 is 20.1 Å². The molecule has 2 saturated heterocycles. The minimum absolute atomic E-state index is 0.0177. The molecule has 7 heteroatoms. The Morgan fingerprint density at radius 2 is 1.78 bits per heavy atom. The molecule has 3 rings (SSSR count). The summed E-state index contributed by atoms with van der Waals surface area (Å²) in [5, 5.41) is 17.0. The molecule has 2 fully saturated rings. The number of fused-ring (bicyclic) bond motifs is 2. The van der Waals surface area contributed by atoms with Gasteiger partial charge in [-0.05, 0) is 50.4 Å². The SMILES string of the molecule is CN=C(NCc1cc(OC)c(O)c(OC)c1)NC1CC2CCCC(C1)N2C. The third-order valence-electron chi connectivity index (χ3n) is 5.90. The number of phenols is 1. The number of nitrogens with zero attached hydrogens (tertiary/aromatic N) is 2. The molecule has 2 aliphatic heterocycles. The van der Waals surface area contributed by atoms with Crippen LogP contribution in [0.25, 0.3) is 0 Å². The van der Waals surface area contributed by atoms with Crippen molar-refractivity contribution in [2.75, 3.05) is 28.3 Å². The van der Waals surface area contributed by atoms with Gasteiger partial charge >= 0.3 is 0 Å². The molecule has 0 aliphatic carbocycles. The Bertz CT molecular complexity index is 640. The monoisotopic (exact) mass is 376 g/mol. The summed E-state index contributed by atoms with van der Waals surface area (Å²) in [6.45, 7) is 0.562. The van der Waals surface area contributed by atoms with Gasteiger partial charge in [0.15, 0.2) is 17.5 Å². The maximum Gasteiger partial charge on any atom is 0.200 e. The van der Waals surface area contributed by atoms with Gasteiger partial charge in [-0.25, -0.2) is 0 Å². The van der Waals surface area contributed by atoms with E-state index in [4.69, 9.17) is 9.47 Å². The molecule has 2 atom stereocenters. The second-order valence-corrected chi connectivity index (χ2v) is 7.49. The molecule has 0 amide bonds. The van der Waals surface area contributed by atoms with Crippen LogP contribution in [0.5, 0.6) is 17.2 Å². The molecule has 0 saturated carbocycles. The molecule has 2 bridgehead atoms. The van der Waals surface area contributed by atoms with E-state index in [1.54, 1.807) is 19.2 Å². The van der Waals surface area contributed by atoms with E-state index in [-0.39, 0.29) is 5.75 Å². The van der Waals surface area contributed by atoms with E-state index in [0.29, 0.717) is 36.2 Å². The highest BCUT2D eigenvalue weighted by molar-refractivity contribution is 5.80. The molecule has 3 N–H and O–H groups in total. The summed E-state index contributed by atoms with van der Waals surface area (Å²) in [5.41, 5.74) is 0.949. The number of guanidine groups is 1. The largest absolute Gasteiger partial charge is 0.502 e. The average molecular weight is 377 g/mol. The van der Waals surface area contributed by atoms with Crippen LogP contribution in [-0.2, 0) is 6.54 Å². The number of methoxy groups -OCH3 is 2. The van der Waals surface area contributed by atoms with Gasteiger partial charge in [0, 0.05) is 31.7 Å². The van der Waals surface area contributed by atoms with Crippen LogP contribution in [0.15, 0.2) is 17.1 Å². The van der Waals surface area contributed by atoms with Crippen molar-refractivity contribution in [2.24, 2.45) is 4.99 Å². The molecule has 0 aromatic heterocycles. The van der Waals surface area contributed by atoms with Crippen molar-refractivity contribution in [3.8, 4) is 17.2 Å². The van der Waals surface area contributed by atoms with Crippen molar-refractivity contribution < 1.29 is 14.6 Å². The van der Waals surface area contributed by atoms with Gasteiger partial charge in [-0.3, -0.25) is 4.99 Å². The normalized spacial score (nSPS) is 25.8. The second kappa shape index (κ2) is 8.69. The number of aromatic hydroxyl groups is 1. The van der Waals surface area contributed by atoms with E-state index < -0.39 is 0 Å². The predicted octanol–water partition coefficient (Wildman–Crippen LogP) is 2.09. The lowest BCUT2D eigenvalue weighted by Crippen LogP contribution is -2.56. The van der Waals surface area contributed by atoms with Gasteiger partial charge < -0.3 is 30.1 Å². The van der Waals surface area contributed by atoms with E-state index in [1.165, 1.54) is 33.5 Å². The first-order valence-corrected chi connectivity index (χ1v) is 9.68. The first-order valence-electron chi connectivity index (χ1n) is 9.68. The number of ether oxygens (including phenoxy) is 2. The number of hydrogen-bond acceptors (Lipinski definition) is 5. The lowest BCUT2D eigenvalue weighted by molar-refractivity contribution is 0.0526. The molecule has 150 valence electrons. The lowest BCUT2D eigenvalue weighted by atomic mass is 9.82. The Labute approximate surface area is 161 Å². The Hall–Kier alpha value is -2.15. The van der Waals surface area contributed by atoms with Gasteiger partial charge in [0.25, 0.3) is 0 Å². The first kappa shape index (κ1) is 19.6. The van der Waals surface area contributed by atoms with E-state index in [0.717, 1.165) is 24.4 Å². The van der Waals surface area contributed by atoms with Gasteiger partial charge in [-0.1, -0.05) is 6.42 Å². The highest BCUT2D eigenvalue weighted by Gasteiger charge is 2.36. The number of hydrogen-bond donors (Lipinski definition) is 3. The molecular weight excluding hydrogens is 344 g/mol. The number of benzene rings is 1. The predicted molar refractivity (Wildman–Crippen MR) is 107 cm³/mol. The van der Waals surface area contributed by atoms with E-state index in [1.807, 2.05) is 0 Å². The molecule has 0 radical (unpaired) electrons. The maximum atomic E-state index is 10.0. The smallest absolute Gasteiger partial charge is 0.200 e. The molecule has 2 unspecified atom stereocenters. The maximum absolute atomic E-state index is 10.0. The fourth-order valence-electron chi connectivity index (χ4n) is 4.36. The van der Waals surface area contributed by atoms with Crippen LogP contribution in [0.4, 0.5) is 0 Å². The lowest BCUT2D eigenvalue weighted by Gasteiger charge is -2.47. The molecule has 7 nitrogen and oxygen atoms in total. The van der Waals surface area contributed by atoms with Gasteiger partial charge in [-0.2, -0.15) is 0 Å². The van der Waals surface area contributed by atoms with E-state index in [2.05, 4.69) is 27.6 Å². The fourth-order valence-corrected chi connectivity index (χ4v) is 4.36. The van der Waals surface area contributed by atoms with Crippen molar-refractivity contribution in [1.29, 1.82) is 0 Å². The summed E-state index contributed by atoms with van der Waals surface area (Å²) in [6, 6.07) is 5.42. The molecule has 1 aromatic rings. The van der Waals surface area contributed by atoms with E-state index >= 15 is 0 Å². The quantitative estimate of drug-likeness (QED) is 0.540. The standard InChI is InChI=1S/C20H32N4O3/c1-21-20(23-14-10-15-6-5-7-16(11-14)24(15)2)22-12-13-8-17(26-3)19(25)18(9-13)27-4/h8-9,14-16,25H,5-7,10-12H2,1-4H3,(H2,21,22,23). The van der Waals surface area contributed by atoms with Crippen LogP contribution in [-0.4, -0.2) is 62.4 Å².